The molecule has 0 saturated heterocycles. The summed E-state index contributed by atoms with van der Waals surface area (Å²) in [5.74, 6) is 0.549. The number of aryl methyl sites for hydroxylation is 1. The van der Waals surface area contributed by atoms with Crippen LogP contribution < -0.4 is 15.0 Å². The third kappa shape index (κ3) is 4.43. The topological polar surface area (TPSA) is 55.6 Å². The number of aromatic nitrogens is 1. The highest BCUT2D eigenvalue weighted by molar-refractivity contribution is 9.10. The molecule has 2 aromatic carbocycles. The van der Waals surface area contributed by atoms with Crippen LogP contribution >= 0.6 is 27.3 Å². The molecule has 0 aliphatic heterocycles. The molecule has 3 rings (SSSR count). The van der Waals surface area contributed by atoms with Gasteiger partial charge in [-0.1, -0.05) is 33.3 Å². The molecule has 1 N–H and O–H groups in total. The first-order valence-corrected chi connectivity index (χ1v) is 10.2. The number of allylic oxidation sites excluding steroid dienone is 1. The van der Waals surface area contributed by atoms with Crippen LogP contribution in [0.25, 0.3) is 11.3 Å². The Hall–Kier alpha value is -2.64. The molecule has 3 aromatic rings. The van der Waals surface area contributed by atoms with Gasteiger partial charge in [-0.05, 0) is 61.0 Å². The van der Waals surface area contributed by atoms with Crippen molar-refractivity contribution in [3.05, 3.63) is 80.9 Å². The fraction of sp³-hybridized carbons (Fsp3) is 0.143. The normalized spacial score (nSPS) is 11.3. The zero-order valence-electron chi connectivity index (χ0n) is 15.6. The van der Waals surface area contributed by atoms with Crippen molar-refractivity contribution in [2.24, 2.45) is 5.10 Å². The molecule has 1 aromatic heterocycles. The van der Waals surface area contributed by atoms with Crippen LogP contribution in [0.2, 0.25) is 0 Å². The summed E-state index contributed by atoms with van der Waals surface area (Å²) in [6.07, 6.45) is 1.81. The summed E-state index contributed by atoms with van der Waals surface area (Å²) < 4.78 is 8.20. The lowest BCUT2D eigenvalue weighted by Crippen LogP contribution is -2.24. The van der Waals surface area contributed by atoms with Gasteiger partial charge in [-0.25, -0.2) is 5.43 Å². The SMILES string of the molecule is C=CCn1c(-c2ccc(OC)cc2)c(C)s/c1=N\NC(=O)c1ccc(Br)cc1. The van der Waals surface area contributed by atoms with Gasteiger partial charge in [-0.2, -0.15) is 0 Å². The molecule has 0 aliphatic carbocycles. The minimum Gasteiger partial charge on any atom is -0.497 e. The van der Waals surface area contributed by atoms with Gasteiger partial charge in [0.25, 0.3) is 5.91 Å². The van der Waals surface area contributed by atoms with E-state index in [1.165, 1.54) is 11.3 Å². The first-order chi connectivity index (χ1) is 13.5. The molecule has 0 atom stereocenters. The van der Waals surface area contributed by atoms with E-state index < -0.39 is 0 Å². The lowest BCUT2D eigenvalue weighted by Gasteiger charge is -2.09. The molecule has 0 radical (unpaired) electrons. The molecule has 5 nitrogen and oxygen atoms in total. The molecule has 0 bridgehead atoms. The molecule has 7 heteroatoms. The predicted octanol–water partition coefficient (Wildman–Crippen LogP) is 4.73. The first kappa shape index (κ1) is 20.1. The van der Waals surface area contributed by atoms with Crippen LogP contribution in [0, 0.1) is 6.92 Å². The van der Waals surface area contributed by atoms with Gasteiger partial charge >= 0.3 is 0 Å². The van der Waals surface area contributed by atoms with Gasteiger partial charge in [-0.15, -0.1) is 11.7 Å². The number of ether oxygens (including phenoxy) is 1. The zero-order chi connectivity index (χ0) is 20.1. The van der Waals surface area contributed by atoms with Crippen LogP contribution in [0.3, 0.4) is 0 Å². The second-order valence-corrected chi connectivity index (χ2v) is 8.07. The number of hydrogen-bond donors (Lipinski definition) is 1. The Morgan fingerprint density at radius 3 is 2.54 bits per heavy atom. The van der Waals surface area contributed by atoms with E-state index in [0.29, 0.717) is 16.9 Å². The number of thiazole rings is 1. The van der Waals surface area contributed by atoms with Crippen LogP contribution in [0.5, 0.6) is 5.75 Å². The average Bonchev–Trinajstić information content (AvgIpc) is 3.02. The minimum absolute atomic E-state index is 0.255. The molecule has 0 aliphatic rings. The summed E-state index contributed by atoms with van der Waals surface area (Å²) in [6, 6.07) is 15.0. The predicted molar refractivity (Wildman–Crippen MR) is 116 cm³/mol. The molecule has 28 heavy (non-hydrogen) atoms. The first-order valence-electron chi connectivity index (χ1n) is 8.58. The van der Waals surface area contributed by atoms with Crippen molar-refractivity contribution in [2.45, 2.75) is 13.5 Å². The minimum atomic E-state index is -0.255. The Kier molecular flexibility index (Phi) is 6.49. The fourth-order valence-electron chi connectivity index (χ4n) is 2.78. The molecule has 1 heterocycles. The zero-order valence-corrected chi connectivity index (χ0v) is 18.0. The number of halogens is 1. The maximum atomic E-state index is 12.4. The van der Waals surface area contributed by atoms with Gasteiger partial charge in [-0.3, -0.25) is 4.79 Å². The average molecular weight is 458 g/mol. The standard InChI is InChI=1S/C21H20BrN3O2S/c1-4-13-25-19(15-7-11-18(27-3)12-8-15)14(2)28-21(25)24-23-20(26)16-5-9-17(22)10-6-16/h4-12H,1,13H2,2-3H3,(H,23,26)/b24-21-. The summed E-state index contributed by atoms with van der Waals surface area (Å²) in [5.41, 5.74) is 5.30. The number of methoxy groups -OCH3 is 1. The maximum absolute atomic E-state index is 12.4. The molecular formula is C21H20BrN3O2S. The highest BCUT2D eigenvalue weighted by Gasteiger charge is 2.13. The monoisotopic (exact) mass is 457 g/mol. The second-order valence-electron chi connectivity index (χ2n) is 5.98. The number of nitrogens with one attached hydrogen (secondary N) is 1. The number of rotatable bonds is 6. The van der Waals surface area contributed by atoms with E-state index >= 15 is 0 Å². The van der Waals surface area contributed by atoms with Gasteiger partial charge < -0.3 is 9.30 Å². The van der Waals surface area contributed by atoms with Crippen molar-refractivity contribution in [1.29, 1.82) is 0 Å². The molecule has 0 saturated carbocycles. The molecule has 0 unspecified atom stereocenters. The Balaban J connectivity index is 1.96. The fourth-order valence-corrected chi connectivity index (χ4v) is 4.01. The molecular weight excluding hydrogens is 438 g/mol. The Morgan fingerprint density at radius 2 is 1.93 bits per heavy atom. The molecule has 144 valence electrons. The molecule has 1 amide bonds. The summed E-state index contributed by atoms with van der Waals surface area (Å²) in [7, 11) is 1.65. The van der Waals surface area contributed by atoms with Crippen LogP contribution in [0.4, 0.5) is 0 Å². The number of amides is 1. The summed E-state index contributed by atoms with van der Waals surface area (Å²) >= 11 is 4.89. The van der Waals surface area contributed by atoms with Gasteiger partial charge in [0, 0.05) is 21.5 Å². The maximum Gasteiger partial charge on any atom is 0.271 e. The van der Waals surface area contributed by atoms with E-state index in [4.69, 9.17) is 4.74 Å². The Morgan fingerprint density at radius 1 is 1.25 bits per heavy atom. The van der Waals surface area contributed by atoms with Gasteiger partial charge in [0.1, 0.15) is 5.75 Å². The molecule has 0 spiro atoms. The number of nitrogens with zero attached hydrogens (tertiary/aromatic N) is 2. The summed E-state index contributed by atoms with van der Waals surface area (Å²) in [6.45, 7) is 6.47. The number of carbonyl (C=O) groups excluding carboxylic acids is 1. The number of benzene rings is 2. The Labute approximate surface area is 176 Å². The summed E-state index contributed by atoms with van der Waals surface area (Å²) in [5, 5.41) is 4.36. The second kappa shape index (κ2) is 9.03. The van der Waals surface area contributed by atoms with Crippen LogP contribution in [0.15, 0.2) is 70.8 Å². The van der Waals surface area contributed by atoms with E-state index in [-0.39, 0.29) is 5.91 Å². The smallest absolute Gasteiger partial charge is 0.271 e. The van der Waals surface area contributed by atoms with Crippen molar-refractivity contribution >= 4 is 33.2 Å². The highest BCUT2D eigenvalue weighted by atomic mass is 79.9. The van der Waals surface area contributed by atoms with E-state index in [2.05, 4.69) is 33.0 Å². The lowest BCUT2D eigenvalue weighted by molar-refractivity contribution is 0.0953. The van der Waals surface area contributed by atoms with Gasteiger partial charge in [0.2, 0.25) is 4.80 Å². The quantitative estimate of drug-likeness (QED) is 0.429. The van der Waals surface area contributed by atoms with Crippen molar-refractivity contribution < 1.29 is 9.53 Å². The van der Waals surface area contributed by atoms with Crippen molar-refractivity contribution in [3.8, 4) is 17.0 Å². The lowest BCUT2D eigenvalue weighted by atomic mass is 10.1. The molecule has 0 fully saturated rings. The number of hydrogen-bond acceptors (Lipinski definition) is 4. The highest BCUT2D eigenvalue weighted by Crippen LogP contribution is 2.27. The third-order valence-corrected chi connectivity index (χ3v) is 5.64. The van der Waals surface area contributed by atoms with E-state index in [1.807, 2.05) is 54.0 Å². The van der Waals surface area contributed by atoms with E-state index in [9.17, 15) is 4.79 Å². The van der Waals surface area contributed by atoms with Crippen molar-refractivity contribution in [3.63, 3.8) is 0 Å². The summed E-state index contributed by atoms with van der Waals surface area (Å²) in [4.78, 5) is 14.2. The third-order valence-electron chi connectivity index (χ3n) is 4.11. The van der Waals surface area contributed by atoms with Crippen molar-refractivity contribution in [1.82, 2.24) is 9.99 Å². The van der Waals surface area contributed by atoms with Crippen LogP contribution in [0.1, 0.15) is 15.2 Å². The van der Waals surface area contributed by atoms with Crippen molar-refractivity contribution in [2.75, 3.05) is 7.11 Å². The van der Waals surface area contributed by atoms with Gasteiger partial charge in [0.15, 0.2) is 0 Å². The Bertz CT molecular complexity index is 1050. The van der Waals surface area contributed by atoms with Gasteiger partial charge in [0.05, 0.1) is 12.8 Å². The van der Waals surface area contributed by atoms with Crippen LogP contribution in [-0.4, -0.2) is 17.6 Å². The largest absolute Gasteiger partial charge is 0.497 e. The van der Waals surface area contributed by atoms with Crippen LogP contribution in [-0.2, 0) is 6.54 Å². The number of carbonyl (C=O) groups is 1. The van der Waals surface area contributed by atoms with E-state index in [1.54, 1.807) is 19.2 Å². The van der Waals surface area contributed by atoms with E-state index in [0.717, 1.165) is 26.4 Å².